The van der Waals surface area contributed by atoms with Gasteiger partial charge in [-0.05, 0) is 88.1 Å². The maximum absolute atomic E-state index is 14.5. The van der Waals surface area contributed by atoms with Crippen LogP contribution in [0.15, 0.2) is 53.8 Å². The van der Waals surface area contributed by atoms with Crippen LogP contribution in [-0.4, -0.2) is 46.4 Å². The number of carbonyl (C=O) groups excluding carboxylic acids is 2. The summed E-state index contributed by atoms with van der Waals surface area (Å²) in [6.45, 7) is 11.1. The number of pyridine rings is 2. The number of alkyl carbamates (subject to hydrolysis) is 1. The third kappa shape index (κ3) is 6.90. The summed E-state index contributed by atoms with van der Waals surface area (Å²) in [4.78, 5) is 38.1. The van der Waals surface area contributed by atoms with E-state index in [4.69, 9.17) is 4.74 Å². The highest BCUT2D eigenvalue weighted by Gasteiger charge is 2.38. The zero-order valence-corrected chi connectivity index (χ0v) is 23.2. The molecular weight excluding hydrogens is 535 g/mol. The first kappa shape index (κ1) is 29.7. The van der Waals surface area contributed by atoms with E-state index >= 15 is 0 Å². The van der Waals surface area contributed by atoms with Gasteiger partial charge in [0.05, 0.1) is 29.5 Å². The fourth-order valence-electron chi connectivity index (χ4n) is 5.21. The van der Waals surface area contributed by atoms with Gasteiger partial charge in [-0.1, -0.05) is 13.0 Å². The van der Waals surface area contributed by atoms with Gasteiger partial charge in [0, 0.05) is 6.20 Å². The van der Waals surface area contributed by atoms with Crippen molar-refractivity contribution in [2.75, 3.05) is 5.32 Å². The molecule has 0 spiro atoms. The van der Waals surface area contributed by atoms with Crippen LogP contribution in [0.3, 0.4) is 0 Å². The molecule has 0 saturated heterocycles. The number of hydrogen-bond acceptors (Lipinski definition) is 6. The highest BCUT2D eigenvalue weighted by molar-refractivity contribution is 6.03. The van der Waals surface area contributed by atoms with Gasteiger partial charge in [0.15, 0.2) is 0 Å². The van der Waals surface area contributed by atoms with Gasteiger partial charge in [-0.25, -0.2) is 22.9 Å². The van der Waals surface area contributed by atoms with Crippen molar-refractivity contribution in [3.63, 3.8) is 0 Å². The van der Waals surface area contributed by atoms with Crippen molar-refractivity contribution in [1.82, 2.24) is 15.3 Å². The summed E-state index contributed by atoms with van der Waals surface area (Å²) in [7, 11) is 0. The van der Waals surface area contributed by atoms with Crippen LogP contribution in [0.25, 0.3) is 11.3 Å². The summed E-state index contributed by atoms with van der Waals surface area (Å²) in [5.41, 5.74) is -1.03. The highest BCUT2D eigenvalue weighted by atomic mass is 19.1. The van der Waals surface area contributed by atoms with E-state index in [-0.39, 0.29) is 29.6 Å². The summed E-state index contributed by atoms with van der Waals surface area (Å²) in [5.74, 6) is -3.76. The van der Waals surface area contributed by atoms with Crippen molar-refractivity contribution in [3.8, 4) is 11.3 Å². The van der Waals surface area contributed by atoms with Gasteiger partial charge in [0.1, 0.15) is 34.4 Å². The third-order valence-corrected chi connectivity index (χ3v) is 6.92. The number of amides is 2. The molecule has 4 atom stereocenters. The first-order chi connectivity index (χ1) is 19.4. The number of rotatable bonds is 6. The van der Waals surface area contributed by atoms with Crippen molar-refractivity contribution in [1.29, 1.82) is 0 Å². The van der Waals surface area contributed by atoms with Crippen LogP contribution in [-0.2, 0) is 4.74 Å². The maximum Gasteiger partial charge on any atom is 0.407 e. The Morgan fingerprint density at radius 3 is 2.41 bits per heavy atom. The molecule has 1 fully saturated rings. The van der Waals surface area contributed by atoms with Gasteiger partial charge in [0.2, 0.25) is 0 Å². The zero-order valence-electron chi connectivity index (χ0n) is 23.2. The minimum atomic E-state index is -1.00. The number of nitrogens with zero attached hydrogens (tertiary/aromatic N) is 3. The number of hydrogen-bond donors (Lipinski definition) is 2. The second kappa shape index (κ2) is 12.1. The summed E-state index contributed by atoms with van der Waals surface area (Å²) in [6.07, 6.45) is 3.70. The zero-order chi connectivity index (χ0) is 29.9. The topological polar surface area (TPSA) is 106 Å². The Labute approximate surface area is 236 Å². The predicted molar refractivity (Wildman–Crippen MR) is 149 cm³/mol. The van der Waals surface area contributed by atoms with E-state index < -0.39 is 46.3 Å². The van der Waals surface area contributed by atoms with E-state index in [1.54, 1.807) is 33.0 Å². The van der Waals surface area contributed by atoms with Crippen LogP contribution in [0.4, 0.5) is 23.7 Å². The second-order valence-corrected chi connectivity index (χ2v) is 11.1. The minimum absolute atomic E-state index is 0.0416. The van der Waals surface area contributed by atoms with Crippen LogP contribution >= 0.6 is 0 Å². The summed E-state index contributed by atoms with van der Waals surface area (Å²) in [6, 6.07) is 6.35. The number of anilines is 1. The number of aromatic nitrogens is 2. The first-order valence-corrected chi connectivity index (χ1v) is 13.2. The molecule has 1 saturated carbocycles. The number of halogens is 3. The van der Waals surface area contributed by atoms with Crippen molar-refractivity contribution in [3.05, 3.63) is 77.5 Å². The average molecular weight is 568 g/mol. The first-order valence-electron chi connectivity index (χ1n) is 13.2. The quantitative estimate of drug-likeness (QED) is 0.341. The predicted octanol–water partition coefficient (Wildman–Crippen LogP) is 6.29. The molecule has 2 amide bonds. The normalized spacial score (nSPS) is 20.7. The SMILES string of the molecule is C=N[C@@H]1[C@H](C)C[C@H](c2ccncc2NC(=O)c2ccc(F)c(-c3c(F)cccc3F)n2)C[C@@H]1NC(=O)OC(C)(C)C. The number of benzene rings is 1. The molecule has 0 radical (unpaired) electrons. The van der Waals surface area contributed by atoms with Gasteiger partial charge in [-0.15, -0.1) is 0 Å². The minimum Gasteiger partial charge on any atom is -0.444 e. The smallest absolute Gasteiger partial charge is 0.407 e. The summed E-state index contributed by atoms with van der Waals surface area (Å²) < 4.78 is 48.6. The van der Waals surface area contributed by atoms with Gasteiger partial charge in [-0.3, -0.25) is 14.8 Å². The Kier molecular flexibility index (Phi) is 8.74. The van der Waals surface area contributed by atoms with Crippen LogP contribution in [0.2, 0.25) is 0 Å². The lowest BCUT2D eigenvalue weighted by Gasteiger charge is -2.39. The van der Waals surface area contributed by atoms with Crippen LogP contribution in [0, 0.1) is 23.4 Å². The van der Waals surface area contributed by atoms with Crippen LogP contribution in [0.5, 0.6) is 0 Å². The lowest BCUT2D eigenvalue weighted by atomic mass is 9.73. The molecule has 11 heteroatoms. The molecule has 3 aromatic rings. The number of ether oxygens (including phenoxy) is 1. The number of aliphatic imine (C=N–C) groups is 1. The molecule has 0 bridgehead atoms. The molecule has 2 aromatic heterocycles. The molecule has 8 nitrogen and oxygen atoms in total. The van der Waals surface area contributed by atoms with Gasteiger partial charge >= 0.3 is 6.09 Å². The lowest BCUT2D eigenvalue weighted by molar-refractivity contribution is 0.0471. The van der Waals surface area contributed by atoms with E-state index in [2.05, 4.69) is 32.3 Å². The third-order valence-electron chi connectivity index (χ3n) is 6.92. The highest BCUT2D eigenvalue weighted by Crippen LogP contribution is 2.40. The monoisotopic (exact) mass is 567 g/mol. The standard InChI is InChI=1S/C30H32F3N5O3/c1-16-13-17(14-23(26(16)34-5)38-29(40)41-30(2,3)4)18-11-12-35-15-24(18)37-28(39)22-10-9-21(33)27(36-22)25-19(31)7-6-8-20(25)32/h6-12,15-17,23,26H,5,13-14H2,1-4H3,(H,37,39)(H,38,40)/t16-,17+,23+,26-/m1/s1. The molecule has 2 N–H and O–H groups in total. The fourth-order valence-corrected chi connectivity index (χ4v) is 5.21. The van der Waals surface area contributed by atoms with E-state index in [1.807, 2.05) is 6.92 Å². The van der Waals surface area contributed by atoms with E-state index in [0.717, 1.165) is 35.9 Å². The molecule has 4 rings (SSSR count). The molecule has 216 valence electrons. The van der Waals surface area contributed by atoms with E-state index in [0.29, 0.717) is 18.5 Å². The summed E-state index contributed by atoms with van der Waals surface area (Å²) in [5, 5.41) is 5.68. The molecular formula is C30H32F3N5O3. The molecule has 1 aliphatic carbocycles. The number of nitrogens with one attached hydrogen (secondary N) is 2. The number of carbonyl (C=O) groups is 2. The van der Waals surface area contributed by atoms with Crippen molar-refractivity contribution < 1.29 is 27.5 Å². The Hall–Kier alpha value is -4.28. The van der Waals surface area contributed by atoms with Crippen LogP contribution < -0.4 is 10.6 Å². The van der Waals surface area contributed by atoms with E-state index in [9.17, 15) is 22.8 Å². The lowest BCUT2D eigenvalue weighted by Crippen LogP contribution is -2.50. The van der Waals surface area contributed by atoms with Crippen LogP contribution in [0.1, 0.15) is 62.5 Å². The Balaban J connectivity index is 1.59. The second-order valence-electron chi connectivity index (χ2n) is 11.1. The van der Waals surface area contributed by atoms with Gasteiger partial charge in [-0.2, -0.15) is 0 Å². The molecule has 2 heterocycles. The van der Waals surface area contributed by atoms with Gasteiger partial charge in [0.25, 0.3) is 5.91 Å². The van der Waals surface area contributed by atoms with E-state index in [1.165, 1.54) is 6.20 Å². The molecule has 0 unspecified atom stereocenters. The largest absolute Gasteiger partial charge is 0.444 e. The van der Waals surface area contributed by atoms with Crippen molar-refractivity contribution >= 4 is 24.4 Å². The maximum atomic E-state index is 14.5. The molecule has 0 aliphatic heterocycles. The Morgan fingerprint density at radius 1 is 1.05 bits per heavy atom. The molecule has 1 aromatic carbocycles. The van der Waals surface area contributed by atoms with Gasteiger partial charge < -0.3 is 15.4 Å². The fraction of sp³-hybridized carbons (Fsp3) is 0.367. The van der Waals surface area contributed by atoms with Crippen molar-refractivity contribution in [2.24, 2.45) is 10.9 Å². The average Bonchev–Trinajstić information content (AvgIpc) is 2.88. The molecule has 41 heavy (non-hydrogen) atoms. The summed E-state index contributed by atoms with van der Waals surface area (Å²) >= 11 is 0. The van der Waals surface area contributed by atoms with Crippen molar-refractivity contribution in [2.45, 2.75) is 64.1 Å². The molecule has 1 aliphatic rings. The Morgan fingerprint density at radius 2 is 1.76 bits per heavy atom. The Bertz CT molecular complexity index is 1440.